The number of rotatable bonds is 4. The maximum Gasteiger partial charge on any atom is 0.269 e. The van der Waals surface area contributed by atoms with Crippen molar-refractivity contribution < 1.29 is 17.5 Å². The molecule has 7 nitrogen and oxygen atoms in total. The lowest BCUT2D eigenvalue weighted by Gasteiger charge is -2.23. The Labute approximate surface area is 117 Å². The van der Waals surface area contributed by atoms with Crippen LogP contribution in [0.3, 0.4) is 0 Å². The quantitative estimate of drug-likeness (QED) is 0.476. The van der Waals surface area contributed by atoms with Crippen molar-refractivity contribution in [3.05, 3.63) is 34.4 Å². The van der Waals surface area contributed by atoms with Crippen LogP contribution >= 0.6 is 0 Å². The summed E-state index contributed by atoms with van der Waals surface area (Å²) < 4.78 is 27.3. The second kappa shape index (κ2) is 5.37. The van der Waals surface area contributed by atoms with Gasteiger partial charge in [0.25, 0.3) is 15.8 Å². The zero-order chi connectivity index (χ0) is 14.9. The molecule has 0 N–H and O–H groups in total. The summed E-state index contributed by atoms with van der Waals surface area (Å²) in [5, 5.41) is 10.6. The van der Waals surface area contributed by atoms with Crippen LogP contribution in [0.25, 0.3) is 0 Å². The summed E-state index contributed by atoms with van der Waals surface area (Å²) in [6.07, 6.45) is 1.26. The first-order valence-corrected chi connectivity index (χ1v) is 7.97. The molecule has 0 amide bonds. The van der Waals surface area contributed by atoms with Crippen LogP contribution < -0.4 is 4.90 Å². The number of benzene rings is 1. The van der Waals surface area contributed by atoms with E-state index >= 15 is 0 Å². The zero-order valence-electron chi connectivity index (χ0n) is 11.2. The summed E-state index contributed by atoms with van der Waals surface area (Å²) in [4.78, 5) is 12.1. The van der Waals surface area contributed by atoms with E-state index in [0.717, 1.165) is 11.9 Å². The lowest BCUT2D eigenvalue weighted by atomic mass is 10.2. The first kappa shape index (κ1) is 14.7. The lowest BCUT2D eigenvalue weighted by Crippen LogP contribution is -2.28. The highest BCUT2D eigenvalue weighted by atomic mass is 32.2. The van der Waals surface area contributed by atoms with Crippen LogP contribution in [0.4, 0.5) is 11.4 Å². The van der Waals surface area contributed by atoms with E-state index in [-0.39, 0.29) is 17.8 Å². The summed E-state index contributed by atoms with van der Waals surface area (Å²) in [6.45, 7) is 2.42. The third kappa shape index (κ3) is 3.45. The first-order valence-electron chi connectivity index (χ1n) is 6.15. The van der Waals surface area contributed by atoms with Crippen molar-refractivity contribution in [1.29, 1.82) is 0 Å². The summed E-state index contributed by atoms with van der Waals surface area (Å²) in [5.74, 6) is 0. The Kier molecular flexibility index (Phi) is 3.96. The maximum absolute atomic E-state index is 11.1. The molecule has 2 unspecified atom stereocenters. The summed E-state index contributed by atoms with van der Waals surface area (Å²) >= 11 is 0. The Hall–Kier alpha value is -1.67. The molecule has 0 spiro atoms. The third-order valence-corrected chi connectivity index (χ3v) is 3.86. The van der Waals surface area contributed by atoms with Crippen molar-refractivity contribution in [2.24, 2.45) is 0 Å². The van der Waals surface area contributed by atoms with E-state index < -0.39 is 15.0 Å². The molecule has 0 saturated carbocycles. The second-order valence-corrected chi connectivity index (χ2v) is 6.53. The van der Waals surface area contributed by atoms with Gasteiger partial charge >= 0.3 is 0 Å². The van der Waals surface area contributed by atoms with Gasteiger partial charge in [-0.15, -0.1) is 0 Å². The van der Waals surface area contributed by atoms with Crippen LogP contribution in [0.15, 0.2) is 24.3 Å². The van der Waals surface area contributed by atoms with Crippen LogP contribution in [0.5, 0.6) is 0 Å². The molecule has 1 fully saturated rings. The smallest absolute Gasteiger partial charge is 0.269 e. The highest BCUT2D eigenvalue weighted by molar-refractivity contribution is 7.86. The minimum atomic E-state index is -3.47. The van der Waals surface area contributed by atoms with Gasteiger partial charge in [-0.2, -0.15) is 8.42 Å². The van der Waals surface area contributed by atoms with Gasteiger partial charge < -0.3 is 4.90 Å². The van der Waals surface area contributed by atoms with Crippen LogP contribution in [0, 0.1) is 10.1 Å². The average molecular weight is 300 g/mol. The normalized spacial score (nSPS) is 23.0. The topological polar surface area (TPSA) is 89.8 Å². The van der Waals surface area contributed by atoms with Crippen molar-refractivity contribution in [2.45, 2.75) is 25.5 Å². The molecule has 20 heavy (non-hydrogen) atoms. The van der Waals surface area contributed by atoms with Crippen molar-refractivity contribution in [3.8, 4) is 0 Å². The Morgan fingerprint density at radius 3 is 2.45 bits per heavy atom. The lowest BCUT2D eigenvalue weighted by molar-refractivity contribution is -0.384. The molecule has 1 aliphatic heterocycles. The van der Waals surface area contributed by atoms with E-state index in [1.165, 1.54) is 12.1 Å². The Balaban J connectivity index is 2.11. The Morgan fingerprint density at radius 1 is 1.35 bits per heavy atom. The van der Waals surface area contributed by atoms with E-state index in [1.807, 2.05) is 11.8 Å². The predicted molar refractivity (Wildman–Crippen MR) is 74.2 cm³/mol. The molecule has 0 aromatic heterocycles. The zero-order valence-corrected chi connectivity index (χ0v) is 12.0. The van der Waals surface area contributed by atoms with Crippen LogP contribution in [0.2, 0.25) is 0 Å². The molecule has 1 aromatic rings. The van der Waals surface area contributed by atoms with E-state index in [0.29, 0.717) is 13.0 Å². The standard InChI is InChI=1S/C12H16N2O5S/c1-9-7-12(19-20(2,17)18)8-13(9)10-3-5-11(6-4-10)14(15)16/h3-6,9,12H,7-8H2,1-2H3. The van der Waals surface area contributed by atoms with Gasteiger partial charge in [0.05, 0.1) is 17.3 Å². The van der Waals surface area contributed by atoms with Crippen molar-refractivity contribution in [1.82, 2.24) is 0 Å². The van der Waals surface area contributed by atoms with Crippen LogP contribution in [0.1, 0.15) is 13.3 Å². The molecule has 0 radical (unpaired) electrons. The fraction of sp³-hybridized carbons (Fsp3) is 0.500. The molecule has 2 rings (SSSR count). The number of non-ortho nitro benzene ring substituents is 1. The van der Waals surface area contributed by atoms with Gasteiger partial charge in [0.15, 0.2) is 0 Å². The summed E-state index contributed by atoms with van der Waals surface area (Å²) in [6, 6.07) is 6.32. The molecule has 1 saturated heterocycles. The third-order valence-electron chi connectivity index (χ3n) is 3.24. The molecule has 0 aliphatic carbocycles. The molecule has 0 bridgehead atoms. The van der Waals surface area contributed by atoms with Gasteiger partial charge in [-0.1, -0.05) is 0 Å². The summed E-state index contributed by atoms with van der Waals surface area (Å²) in [5.41, 5.74) is 0.854. The first-order chi connectivity index (χ1) is 9.26. The Morgan fingerprint density at radius 2 is 1.95 bits per heavy atom. The van der Waals surface area contributed by atoms with Crippen molar-refractivity contribution in [2.75, 3.05) is 17.7 Å². The number of hydrogen-bond donors (Lipinski definition) is 0. The van der Waals surface area contributed by atoms with Gasteiger partial charge in [0.2, 0.25) is 0 Å². The van der Waals surface area contributed by atoms with Gasteiger partial charge in [-0.05, 0) is 25.5 Å². The largest absolute Gasteiger partial charge is 0.366 e. The van der Waals surface area contributed by atoms with E-state index in [1.54, 1.807) is 12.1 Å². The van der Waals surface area contributed by atoms with Crippen LogP contribution in [-0.2, 0) is 14.3 Å². The summed E-state index contributed by atoms with van der Waals surface area (Å²) in [7, 11) is -3.47. The van der Waals surface area contributed by atoms with Gasteiger partial charge in [0, 0.05) is 30.4 Å². The SMILES string of the molecule is CC1CC(OS(C)(=O)=O)CN1c1ccc([N+](=O)[O-])cc1. The number of anilines is 1. The van der Waals surface area contributed by atoms with E-state index in [9.17, 15) is 18.5 Å². The van der Waals surface area contributed by atoms with E-state index in [4.69, 9.17) is 4.18 Å². The predicted octanol–water partition coefficient (Wildman–Crippen LogP) is 1.54. The number of nitro groups is 1. The number of nitro benzene ring substituents is 1. The minimum absolute atomic E-state index is 0.0320. The monoisotopic (exact) mass is 300 g/mol. The molecular weight excluding hydrogens is 284 g/mol. The highest BCUT2D eigenvalue weighted by Gasteiger charge is 2.32. The molecule has 8 heteroatoms. The number of hydrogen-bond acceptors (Lipinski definition) is 6. The van der Waals surface area contributed by atoms with Gasteiger partial charge in [-0.25, -0.2) is 0 Å². The molecule has 1 aliphatic rings. The maximum atomic E-state index is 11.1. The molecule has 2 atom stereocenters. The van der Waals surface area contributed by atoms with Crippen LogP contribution in [-0.4, -0.2) is 38.3 Å². The molecule has 1 aromatic carbocycles. The van der Waals surface area contributed by atoms with Gasteiger partial charge in [0.1, 0.15) is 0 Å². The van der Waals surface area contributed by atoms with Gasteiger partial charge in [-0.3, -0.25) is 14.3 Å². The fourth-order valence-electron chi connectivity index (χ4n) is 2.42. The number of nitrogens with zero attached hydrogens (tertiary/aromatic N) is 2. The van der Waals surface area contributed by atoms with Crippen molar-refractivity contribution in [3.63, 3.8) is 0 Å². The average Bonchev–Trinajstić information content (AvgIpc) is 2.67. The molecule has 1 heterocycles. The molecule has 110 valence electrons. The molecular formula is C12H16N2O5S. The Bertz CT molecular complexity index is 599. The minimum Gasteiger partial charge on any atom is -0.366 e. The fourth-order valence-corrected chi connectivity index (χ4v) is 3.06. The second-order valence-electron chi connectivity index (χ2n) is 4.93. The van der Waals surface area contributed by atoms with E-state index in [2.05, 4.69) is 0 Å². The highest BCUT2D eigenvalue weighted by Crippen LogP contribution is 2.28. The van der Waals surface area contributed by atoms with Crippen molar-refractivity contribution >= 4 is 21.5 Å².